The molecule has 2 aromatic carbocycles. The molecular weight excluding hydrogens is 364 g/mol. The molecule has 0 aromatic heterocycles. The van der Waals surface area contributed by atoms with Gasteiger partial charge in [-0.3, -0.25) is 4.79 Å². The van der Waals surface area contributed by atoms with Gasteiger partial charge < -0.3 is 19.7 Å². The quantitative estimate of drug-likeness (QED) is 0.770. The first-order valence-corrected chi connectivity index (χ1v) is 10.8. The third-order valence-corrected chi connectivity index (χ3v) is 5.61. The van der Waals surface area contributed by atoms with E-state index in [1.165, 1.54) is 31.5 Å². The third kappa shape index (κ3) is 5.73. The van der Waals surface area contributed by atoms with Crippen molar-refractivity contribution in [2.75, 3.05) is 38.2 Å². The molecule has 2 aliphatic heterocycles. The maximum atomic E-state index is 12.3. The van der Waals surface area contributed by atoms with E-state index in [1.807, 2.05) is 30.3 Å². The molecule has 0 radical (unpaired) electrons. The first kappa shape index (κ1) is 19.8. The van der Waals surface area contributed by atoms with Crippen molar-refractivity contribution in [2.45, 2.75) is 38.5 Å². The minimum atomic E-state index is 0.0296. The highest BCUT2D eigenvalue weighted by Crippen LogP contribution is 2.30. The Balaban J connectivity index is 1.23. The van der Waals surface area contributed by atoms with E-state index < -0.39 is 0 Å². The van der Waals surface area contributed by atoms with Crippen molar-refractivity contribution >= 4 is 11.6 Å². The number of anilines is 1. The van der Waals surface area contributed by atoms with E-state index in [0.717, 1.165) is 42.1 Å². The normalized spacial score (nSPS) is 16.4. The number of ether oxygens (including phenoxy) is 2. The smallest absolute Gasteiger partial charge is 0.224 e. The molecule has 0 spiro atoms. The maximum Gasteiger partial charge on any atom is 0.224 e. The molecule has 0 atom stereocenters. The van der Waals surface area contributed by atoms with E-state index in [4.69, 9.17) is 9.47 Å². The summed E-state index contributed by atoms with van der Waals surface area (Å²) in [6, 6.07) is 14.2. The summed E-state index contributed by atoms with van der Waals surface area (Å²) < 4.78 is 11.4. The summed E-state index contributed by atoms with van der Waals surface area (Å²) >= 11 is 0. The van der Waals surface area contributed by atoms with Gasteiger partial charge in [0, 0.05) is 25.1 Å². The number of nitrogens with zero attached hydrogens (tertiary/aromatic N) is 1. The number of carbonyl (C=O) groups is 1. The van der Waals surface area contributed by atoms with Crippen molar-refractivity contribution in [3.05, 3.63) is 53.6 Å². The number of carbonyl (C=O) groups excluding carboxylic acids is 1. The molecule has 2 aromatic rings. The van der Waals surface area contributed by atoms with Crippen LogP contribution in [0.3, 0.4) is 0 Å². The maximum absolute atomic E-state index is 12.3. The predicted molar refractivity (Wildman–Crippen MR) is 115 cm³/mol. The van der Waals surface area contributed by atoms with Crippen molar-refractivity contribution < 1.29 is 14.3 Å². The summed E-state index contributed by atoms with van der Waals surface area (Å²) in [4.78, 5) is 14.9. The van der Waals surface area contributed by atoms with Gasteiger partial charge in [0.15, 0.2) is 11.5 Å². The van der Waals surface area contributed by atoms with E-state index >= 15 is 0 Å². The van der Waals surface area contributed by atoms with Crippen LogP contribution in [0.15, 0.2) is 42.5 Å². The molecule has 154 valence electrons. The average molecular weight is 395 g/mol. The zero-order valence-corrected chi connectivity index (χ0v) is 17.0. The molecule has 0 saturated carbocycles. The second kappa shape index (κ2) is 9.79. The number of rotatable bonds is 7. The Bertz CT molecular complexity index is 813. The average Bonchev–Trinajstić information content (AvgIpc) is 3.15. The zero-order valence-electron chi connectivity index (χ0n) is 17.0. The van der Waals surface area contributed by atoms with Crippen molar-refractivity contribution in [3.8, 4) is 11.5 Å². The van der Waals surface area contributed by atoms with Crippen LogP contribution < -0.4 is 14.8 Å². The standard InChI is InChI=1S/C24H30N2O3/c27-24(11-7-20-6-10-22-23(18-20)29-17-3-16-28-22)25-21-8-4-19(5-9-21)12-15-26-13-1-2-14-26/h4-6,8-10,18H,1-3,7,11-17H2,(H,25,27). The highest BCUT2D eigenvalue weighted by atomic mass is 16.5. The van der Waals surface area contributed by atoms with Crippen LogP contribution in [0.4, 0.5) is 5.69 Å². The Morgan fingerprint density at radius 3 is 2.38 bits per heavy atom. The number of hydrogen-bond acceptors (Lipinski definition) is 4. The molecule has 1 amide bonds. The fourth-order valence-corrected chi connectivity index (χ4v) is 3.89. The molecule has 0 unspecified atom stereocenters. The van der Waals surface area contributed by atoms with E-state index in [0.29, 0.717) is 26.1 Å². The minimum absolute atomic E-state index is 0.0296. The lowest BCUT2D eigenvalue weighted by Crippen LogP contribution is -2.21. The number of amides is 1. The van der Waals surface area contributed by atoms with E-state index in [2.05, 4.69) is 22.3 Å². The summed E-state index contributed by atoms with van der Waals surface area (Å²) in [5.41, 5.74) is 3.27. The largest absolute Gasteiger partial charge is 0.490 e. The molecule has 2 heterocycles. The zero-order chi connectivity index (χ0) is 19.9. The first-order valence-electron chi connectivity index (χ1n) is 10.8. The number of hydrogen-bond donors (Lipinski definition) is 1. The Kier molecular flexibility index (Phi) is 6.67. The number of benzene rings is 2. The summed E-state index contributed by atoms with van der Waals surface area (Å²) in [5.74, 6) is 1.60. The summed E-state index contributed by atoms with van der Waals surface area (Å²) in [6.07, 6.45) is 5.74. The predicted octanol–water partition coefficient (Wildman–Crippen LogP) is 4.06. The molecule has 29 heavy (non-hydrogen) atoms. The molecule has 5 nitrogen and oxygen atoms in total. The van der Waals surface area contributed by atoms with E-state index in [1.54, 1.807) is 0 Å². The topological polar surface area (TPSA) is 50.8 Å². The van der Waals surface area contributed by atoms with Gasteiger partial charge in [0.1, 0.15) is 0 Å². The Morgan fingerprint density at radius 2 is 1.59 bits per heavy atom. The first-order chi connectivity index (χ1) is 14.3. The van der Waals surface area contributed by atoms with Gasteiger partial charge in [-0.25, -0.2) is 0 Å². The van der Waals surface area contributed by atoms with E-state index in [-0.39, 0.29) is 5.91 Å². The van der Waals surface area contributed by atoms with Crippen LogP contribution in [0, 0.1) is 0 Å². The van der Waals surface area contributed by atoms with Crippen LogP contribution in [-0.2, 0) is 17.6 Å². The molecule has 5 heteroatoms. The van der Waals surface area contributed by atoms with Crippen molar-refractivity contribution in [1.82, 2.24) is 4.90 Å². The van der Waals surface area contributed by atoms with Crippen LogP contribution in [0.2, 0.25) is 0 Å². The Hall–Kier alpha value is -2.53. The Morgan fingerprint density at radius 1 is 0.862 bits per heavy atom. The lowest BCUT2D eigenvalue weighted by atomic mass is 10.1. The van der Waals surface area contributed by atoms with Crippen LogP contribution in [0.5, 0.6) is 11.5 Å². The van der Waals surface area contributed by atoms with Crippen LogP contribution in [0.1, 0.15) is 36.8 Å². The Labute approximate surface area is 173 Å². The van der Waals surface area contributed by atoms with Gasteiger partial charge in [0.05, 0.1) is 13.2 Å². The highest BCUT2D eigenvalue weighted by molar-refractivity contribution is 5.90. The van der Waals surface area contributed by atoms with Gasteiger partial charge >= 0.3 is 0 Å². The number of fused-ring (bicyclic) bond motifs is 1. The second-order valence-corrected chi connectivity index (χ2v) is 7.88. The lowest BCUT2D eigenvalue weighted by molar-refractivity contribution is -0.116. The van der Waals surface area contributed by atoms with Crippen molar-refractivity contribution in [1.29, 1.82) is 0 Å². The third-order valence-electron chi connectivity index (χ3n) is 5.61. The van der Waals surface area contributed by atoms with Gasteiger partial charge in [0.2, 0.25) is 5.91 Å². The molecule has 2 aliphatic rings. The molecule has 1 fully saturated rings. The van der Waals surface area contributed by atoms with Crippen molar-refractivity contribution in [3.63, 3.8) is 0 Å². The van der Waals surface area contributed by atoms with Gasteiger partial charge in [0.25, 0.3) is 0 Å². The van der Waals surface area contributed by atoms with Gasteiger partial charge in [-0.15, -0.1) is 0 Å². The van der Waals surface area contributed by atoms with Gasteiger partial charge in [-0.05, 0) is 74.2 Å². The van der Waals surface area contributed by atoms with Gasteiger partial charge in [-0.2, -0.15) is 0 Å². The molecule has 1 saturated heterocycles. The monoisotopic (exact) mass is 394 g/mol. The number of nitrogens with one attached hydrogen (secondary N) is 1. The van der Waals surface area contributed by atoms with Crippen LogP contribution >= 0.6 is 0 Å². The van der Waals surface area contributed by atoms with Crippen LogP contribution in [-0.4, -0.2) is 43.7 Å². The van der Waals surface area contributed by atoms with E-state index in [9.17, 15) is 4.79 Å². The highest BCUT2D eigenvalue weighted by Gasteiger charge is 2.12. The summed E-state index contributed by atoms with van der Waals surface area (Å²) in [7, 11) is 0. The molecule has 4 rings (SSSR count). The number of aryl methyl sites for hydroxylation is 1. The minimum Gasteiger partial charge on any atom is -0.490 e. The lowest BCUT2D eigenvalue weighted by Gasteiger charge is -2.14. The fourth-order valence-electron chi connectivity index (χ4n) is 3.89. The number of likely N-dealkylation sites (tertiary alicyclic amines) is 1. The second-order valence-electron chi connectivity index (χ2n) is 7.88. The molecule has 0 bridgehead atoms. The summed E-state index contributed by atoms with van der Waals surface area (Å²) in [6.45, 7) is 4.95. The fraction of sp³-hybridized carbons (Fsp3) is 0.458. The molecule has 1 N–H and O–H groups in total. The van der Waals surface area contributed by atoms with Crippen LogP contribution in [0.25, 0.3) is 0 Å². The molecular formula is C24H30N2O3. The summed E-state index contributed by atoms with van der Waals surface area (Å²) in [5, 5.41) is 3.00. The van der Waals surface area contributed by atoms with Gasteiger partial charge in [-0.1, -0.05) is 18.2 Å². The van der Waals surface area contributed by atoms with Crippen molar-refractivity contribution in [2.24, 2.45) is 0 Å². The SMILES string of the molecule is O=C(CCc1ccc2c(c1)OCCCO2)Nc1ccc(CCN2CCCC2)cc1. The molecule has 0 aliphatic carbocycles.